The first kappa shape index (κ1) is 13.6. The minimum atomic E-state index is -1.16. The summed E-state index contributed by atoms with van der Waals surface area (Å²) in [6.45, 7) is 1.94. The quantitative estimate of drug-likeness (QED) is 0.840. The number of hydrogen-bond acceptors (Lipinski definition) is 2. The molecule has 0 saturated carbocycles. The summed E-state index contributed by atoms with van der Waals surface area (Å²) in [5.74, 6) is 0.407. The van der Waals surface area contributed by atoms with Crippen LogP contribution in [0.1, 0.15) is 30.1 Å². The fraction of sp³-hybridized carbons (Fsp3) is 0.231. The average molecular weight is 334 g/mol. The summed E-state index contributed by atoms with van der Waals surface area (Å²) in [6, 6.07) is 6.47. The smallest absolute Gasteiger partial charge is 0.149 e. The van der Waals surface area contributed by atoms with Crippen LogP contribution in [0.4, 0.5) is 4.39 Å². The van der Waals surface area contributed by atoms with Crippen LogP contribution in [-0.4, -0.2) is 5.11 Å². The second-order valence-corrected chi connectivity index (χ2v) is 5.06. The van der Waals surface area contributed by atoms with Crippen molar-refractivity contribution in [2.24, 2.45) is 0 Å². The number of aliphatic hydroxyl groups excluding tert-OH is 1. The number of benzene rings is 1. The van der Waals surface area contributed by atoms with Gasteiger partial charge in [0.05, 0.1) is 5.02 Å². The number of hydrogen-bond donors (Lipinski definition) is 1. The molecule has 0 bridgehead atoms. The van der Waals surface area contributed by atoms with Crippen molar-refractivity contribution >= 4 is 27.5 Å². The lowest BCUT2D eigenvalue weighted by molar-refractivity contribution is 0.182. The van der Waals surface area contributed by atoms with E-state index in [0.29, 0.717) is 10.2 Å². The highest BCUT2D eigenvalue weighted by Gasteiger charge is 2.21. The molecule has 1 atom stereocenters. The van der Waals surface area contributed by atoms with Crippen LogP contribution < -0.4 is 0 Å². The van der Waals surface area contributed by atoms with Gasteiger partial charge in [-0.1, -0.05) is 24.6 Å². The summed E-state index contributed by atoms with van der Waals surface area (Å²) in [5, 5.41) is 10.0. The summed E-state index contributed by atoms with van der Waals surface area (Å²) in [4.78, 5) is 0. The molecule has 1 unspecified atom stereocenters. The Morgan fingerprint density at radius 2 is 2.11 bits per heavy atom. The van der Waals surface area contributed by atoms with Crippen molar-refractivity contribution in [1.82, 2.24) is 0 Å². The minimum Gasteiger partial charge on any atom is -0.463 e. The van der Waals surface area contributed by atoms with Crippen molar-refractivity contribution in [3.63, 3.8) is 0 Å². The highest BCUT2D eigenvalue weighted by molar-refractivity contribution is 9.10. The van der Waals surface area contributed by atoms with Gasteiger partial charge in [-0.05, 0) is 34.1 Å². The van der Waals surface area contributed by atoms with Gasteiger partial charge in [-0.3, -0.25) is 0 Å². The Bertz CT molecular complexity index is 568. The lowest BCUT2D eigenvalue weighted by atomic mass is 10.1. The van der Waals surface area contributed by atoms with E-state index in [0.717, 1.165) is 12.2 Å². The van der Waals surface area contributed by atoms with Gasteiger partial charge in [-0.2, -0.15) is 0 Å². The van der Waals surface area contributed by atoms with E-state index in [9.17, 15) is 9.50 Å². The van der Waals surface area contributed by atoms with Crippen molar-refractivity contribution in [3.8, 4) is 0 Å². The van der Waals surface area contributed by atoms with E-state index in [-0.39, 0.29) is 10.6 Å². The van der Waals surface area contributed by atoms with Crippen molar-refractivity contribution in [1.29, 1.82) is 0 Å². The summed E-state index contributed by atoms with van der Waals surface area (Å²) in [5.41, 5.74) is 0.0974. The van der Waals surface area contributed by atoms with E-state index in [4.69, 9.17) is 16.0 Å². The van der Waals surface area contributed by atoms with Crippen molar-refractivity contribution < 1.29 is 13.9 Å². The van der Waals surface area contributed by atoms with E-state index < -0.39 is 11.9 Å². The third kappa shape index (κ3) is 2.46. The van der Waals surface area contributed by atoms with Gasteiger partial charge in [0.25, 0.3) is 0 Å². The Hall–Kier alpha value is -0.840. The molecule has 2 aromatic rings. The van der Waals surface area contributed by atoms with Gasteiger partial charge in [0, 0.05) is 16.5 Å². The molecule has 0 amide bonds. The first-order valence-corrected chi connectivity index (χ1v) is 6.61. The maximum atomic E-state index is 13.9. The number of aryl methyl sites for hydroxylation is 1. The molecule has 1 N–H and O–H groups in total. The molecule has 0 aliphatic carbocycles. The summed E-state index contributed by atoms with van der Waals surface area (Å²) >= 11 is 8.91. The van der Waals surface area contributed by atoms with Crippen molar-refractivity contribution in [3.05, 3.63) is 56.7 Å². The van der Waals surface area contributed by atoms with Gasteiger partial charge in [-0.15, -0.1) is 0 Å². The van der Waals surface area contributed by atoms with E-state index in [1.165, 1.54) is 6.07 Å². The van der Waals surface area contributed by atoms with Crippen LogP contribution in [-0.2, 0) is 6.42 Å². The van der Waals surface area contributed by atoms with Crippen LogP contribution in [0, 0.1) is 5.82 Å². The maximum Gasteiger partial charge on any atom is 0.149 e. The Morgan fingerprint density at radius 1 is 1.39 bits per heavy atom. The van der Waals surface area contributed by atoms with E-state index in [1.807, 2.05) is 6.92 Å². The van der Waals surface area contributed by atoms with Crippen LogP contribution in [0.15, 0.2) is 33.2 Å². The predicted molar refractivity (Wildman–Crippen MR) is 71.3 cm³/mol. The molecule has 2 nitrogen and oxygen atoms in total. The summed E-state index contributed by atoms with van der Waals surface area (Å²) < 4.78 is 19.8. The number of rotatable bonds is 3. The predicted octanol–water partition coefficient (Wildman–Crippen LogP) is 4.48. The Morgan fingerprint density at radius 3 is 2.72 bits per heavy atom. The monoisotopic (exact) mass is 332 g/mol. The van der Waals surface area contributed by atoms with Crippen LogP contribution in [0.3, 0.4) is 0 Å². The Balaban J connectivity index is 2.39. The number of furan rings is 1. The molecule has 1 heterocycles. The normalized spacial score (nSPS) is 12.7. The fourth-order valence-corrected chi connectivity index (χ4v) is 2.12. The standard InChI is InChI=1S/C13H11BrClFO2/c1-2-7-3-6-10(18-7)13(17)8-4-5-9(14)11(15)12(8)16/h3-6,13,17H,2H2,1H3. The first-order valence-electron chi connectivity index (χ1n) is 5.44. The Kier molecular flexibility index (Phi) is 4.10. The molecule has 0 aliphatic rings. The molecule has 96 valence electrons. The molecule has 0 aliphatic heterocycles. The number of halogens is 3. The van der Waals surface area contributed by atoms with Crippen molar-refractivity contribution in [2.75, 3.05) is 0 Å². The molecule has 18 heavy (non-hydrogen) atoms. The zero-order valence-electron chi connectivity index (χ0n) is 9.58. The molecule has 5 heteroatoms. The lowest BCUT2D eigenvalue weighted by Crippen LogP contribution is -2.02. The zero-order chi connectivity index (χ0) is 13.3. The highest BCUT2D eigenvalue weighted by atomic mass is 79.9. The Labute approximate surface area is 118 Å². The second kappa shape index (κ2) is 5.43. The van der Waals surface area contributed by atoms with Gasteiger partial charge < -0.3 is 9.52 Å². The highest BCUT2D eigenvalue weighted by Crippen LogP contribution is 2.33. The molecule has 0 radical (unpaired) electrons. The van der Waals surface area contributed by atoms with Crippen LogP contribution in [0.25, 0.3) is 0 Å². The van der Waals surface area contributed by atoms with Gasteiger partial charge in [0.2, 0.25) is 0 Å². The SMILES string of the molecule is CCc1ccc(C(O)c2ccc(Br)c(Cl)c2F)o1. The largest absolute Gasteiger partial charge is 0.463 e. The second-order valence-electron chi connectivity index (χ2n) is 3.82. The molecule has 0 fully saturated rings. The average Bonchev–Trinajstić information content (AvgIpc) is 2.84. The topological polar surface area (TPSA) is 33.4 Å². The van der Waals surface area contributed by atoms with Crippen molar-refractivity contribution in [2.45, 2.75) is 19.4 Å². The van der Waals surface area contributed by atoms with Gasteiger partial charge in [0.15, 0.2) is 0 Å². The minimum absolute atomic E-state index is 0.0474. The fourth-order valence-electron chi connectivity index (χ4n) is 1.64. The molecule has 1 aromatic heterocycles. The third-order valence-electron chi connectivity index (χ3n) is 2.66. The van der Waals surface area contributed by atoms with Gasteiger partial charge >= 0.3 is 0 Å². The summed E-state index contributed by atoms with van der Waals surface area (Å²) in [7, 11) is 0. The molecular weight excluding hydrogens is 322 g/mol. The van der Waals surface area contributed by atoms with E-state index in [1.54, 1.807) is 18.2 Å². The van der Waals surface area contributed by atoms with Gasteiger partial charge in [0.1, 0.15) is 23.4 Å². The summed E-state index contributed by atoms with van der Waals surface area (Å²) in [6.07, 6.45) is -0.438. The third-order valence-corrected chi connectivity index (χ3v) is 3.92. The van der Waals surface area contributed by atoms with E-state index in [2.05, 4.69) is 15.9 Å². The molecule has 1 aromatic carbocycles. The molecular formula is C13H11BrClFO2. The van der Waals surface area contributed by atoms with E-state index >= 15 is 0 Å². The molecule has 0 spiro atoms. The molecule has 2 rings (SSSR count). The lowest BCUT2D eigenvalue weighted by Gasteiger charge is -2.11. The van der Waals surface area contributed by atoms with Crippen LogP contribution in [0.2, 0.25) is 5.02 Å². The molecule has 0 saturated heterocycles. The number of aliphatic hydroxyl groups is 1. The van der Waals surface area contributed by atoms with Crippen LogP contribution >= 0.6 is 27.5 Å². The maximum absolute atomic E-state index is 13.9. The van der Waals surface area contributed by atoms with Gasteiger partial charge in [-0.25, -0.2) is 4.39 Å². The van der Waals surface area contributed by atoms with Crippen LogP contribution in [0.5, 0.6) is 0 Å². The first-order chi connectivity index (χ1) is 8.54. The zero-order valence-corrected chi connectivity index (χ0v) is 11.9.